The molecular weight excluding hydrogens is 472 g/mol. The van der Waals surface area contributed by atoms with Crippen molar-refractivity contribution in [2.45, 2.75) is 92.1 Å². The van der Waals surface area contributed by atoms with Crippen molar-refractivity contribution in [3.05, 3.63) is 0 Å². The van der Waals surface area contributed by atoms with Crippen molar-refractivity contribution in [1.82, 2.24) is 0 Å². The minimum absolute atomic E-state index is 0.577. The molecule has 200 valence electrons. The number of rotatable bonds is 7. The van der Waals surface area contributed by atoms with Gasteiger partial charge in [0.15, 0.2) is 18.9 Å². The van der Waals surface area contributed by atoms with Crippen LogP contribution in [0.4, 0.5) is 0 Å². The van der Waals surface area contributed by atoms with Crippen molar-refractivity contribution in [3.63, 3.8) is 0 Å². The highest BCUT2D eigenvalue weighted by Crippen LogP contribution is 2.30. The molecule has 3 aliphatic rings. The fourth-order valence-corrected chi connectivity index (χ4v) is 3.95. The summed E-state index contributed by atoms with van der Waals surface area (Å²) in [5.74, 6) is 0. The zero-order valence-corrected chi connectivity index (χ0v) is 17.7. The first-order valence-corrected chi connectivity index (χ1v) is 10.6. The largest absolute Gasteiger partial charge is 0.394 e. The van der Waals surface area contributed by atoms with E-state index in [1.807, 2.05) is 0 Å². The predicted octanol–water partition coefficient (Wildman–Crippen LogP) is -7.57. The lowest BCUT2D eigenvalue weighted by molar-refractivity contribution is -0.363. The number of aliphatic hydroxyl groups is 11. The number of hydrogen-bond donors (Lipinski definition) is 11. The van der Waals surface area contributed by atoms with Gasteiger partial charge in [-0.25, -0.2) is 0 Å². The maximum absolute atomic E-state index is 10.5. The van der Waals surface area contributed by atoms with E-state index in [-0.39, 0.29) is 0 Å². The van der Waals surface area contributed by atoms with E-state index in [1.54, 1.807) is 0 Å². The van der Waals surface area contributed by atoms with Crippen LogP contribution >= 0.6 is 0 Å². The van der Waals surface area contributed by atoms with E-state index in [0.717, 1.165) is 0 Å². The lowest BCUT2D eigenvalue weighted by Gasteiger charge is -2.46. The standard InChI is InChI=1S/C18H32O16/c19-1-4-7(21)10(24)13(27)18(32-4)34-15-5(2-20)33-17(14(28)11(15)25)30-3-6-8(22)9(23)12(26)16(29)31-6/h4-29H,1-3H2/t4-,5-,6-,7+,8-,9+,10+,11-,12-,13-,14-,15-,16?,17-,18+/m1/s1. The summed E-state index contributed by atoms with van der Waals surface area (Å²) in [4.78, 5) is 0. The number of ether oxygens (including phenoxy) is 5. The maximum Gasteiger partial charge on any atom is 0.187 e. The molecule has 16 nitrogen and oxygen atoms in total. The fourth-order valence-electron chi connectivity index (χ4n) is 3.95. The summed E-state index contributed by atoms with van der Waals surface area (Å²) in [6.45, 7) is -2.09. The van der Waals surface area contributed by atoms with Crippen LogP contribution in [-0.4, -0.2) is 168 Å². The van der Waals surface area contributed by atoms with Crippen molar-refractivity contribution in [2.24, 2.45) is 0 Å². The van der Waals surface area contributed by atoms with Crippen LogP contribution in [0, 0.1) is 0 Å². The van der Waals surface area contributed by atoms with Gasteiger partial charge in [0.2, 0.25) is 0 Å². The van der Waals surface area contributed by atoms with Gasteiger partial charge in [0.25, 0.3) is 0 Å². The zero-order chi connectivity index (χ0) is 25.3. The lowest BCUT2D eigenvalue weighted by atomic mass is 9.97. The summed E-state index contributed by atoms with van der Waals surface area (Å²) in [5, 5.41) is 109. The molecule has 0 aromatic rings. The molecule has 0 saturated carbocycles. The molecule has 0 radical (unpaired) electrons. The predicted molar refractivity (Wildman–Crippen MR) is 101 cm³/mol. The van der Waals surface area contributed by atoms with Gasteiger partial charge in [0.1, 0.15) is 73.2 Å². The third kappa shape index (κ3) is 5.52. The highest BCUT2D eigenvalue weighted by atomic mass is 16.7. The zero-order valence-electron chi connectivity index (χ0n) is 17.7. The highest BCUT2D eigenvalue weighted by molar-refractivity contribution is 4.94. The second-order valence-electron chi connectivity index (χ2n) is 8.37. The quantitative estimate of drug-likeness (QED) is 0.154. The summed E-state index contributed by atoms with van der Waals surface area (Å²) < 4.78 is 26.2. The molecule has 16 heteroatoms. The van der Waals surface area contributed by atoms with Crippen LogP contribution in [0.2, 0.25) is 0 Å². The fraction of sp³-hybridized carbons (Fsp3) is 1.00. The molecule has 0 aliphatic carbocycles. The molecule has 1 unspecified atom stereocenters. The molecule has 0 amide bonds. The molecule has 0 spiro atoms. The average Bonchev–Trinajstić information content (AvgIpc) is 2.83. The number of aliphatic hydroxyl groups excluding tert-OH is 11. The Morgan fingerprint density at radius 3 is 1.65 bits per heavy atom. The van der Waals surface area contributed by atoms with E-state index in [2.05, 4.69) is 0 Å². The molecule has 15 atom stereocenters. The summed E-state index contributed by atoms with van der Waals surface area (Å²) in [5.41, 5.74) is 0. The van der Waals surface area contributed by atoms with Crippen molar-refractivity contribution in [3.8, 4) is 0 Å². The third-order valence-corrected chi connectivity index (χ3v) is 6.07. The molecule has 0 aromatic carbocycles. The Morgan fingerprint density at radius 1 is 0.500 bits per heavy atom. The summed E-state index contributed by atoms with van der Waals surface area (Å²) in [6, 6.07) is 0. The van der Waals surface area contributed by atoms with Crippen LogP contribution in [0.15, 0.2) is 0 Å². The molecule has 3 heterocycles. The normalized spacial score (nSPS) is 52.5. The highest BCUT2D eigenvalue weighted by Gasteiger charge is 2.51. The van der Waals surface area contributed by atoms with Crippen molar-refractivity contribution in [2.75, 3.05) is 19.8 Å². The van der Waals surface area contributed by atoms with Gasteiger partial charge in [0, 0.05) is 0 Å². The molecular formula is C18H32O16. The van der Waals surface area contributed by atoms with Gasteiger partial charge in [-0.1, -0.05) is 0 Å². The van der Waals surface area contributed by atoms with E-state index in [9.17, 15) is 56.2 Å². The first-order valence-electron chi connectivity index (χ1n) is 10.6. The van der Waals surface area contributed by atoms with Crippen LogP contribution < -0.4 is 0 Å². The van der Waals surface area contributed by atoms with Crippen molar-refractivity contribution in [1.29, 1.82) is 0 Å². The second-order valence-corrected chi connectivity index (χ2v) is 8.37. The molecule has 3 fully saturated rings. The van der Waals surface area contributed by atoms with Crippen LogP contribution in [0.1, 0.15) is 0 Å². The Labute approximate surface area is 192 Å². The van der Waals surface area contributed by atoms with Crippen LogP contribution in [0.3, 0.4) is 0 Å². The first-order chi connectivity index (χ1) is 16.0. The maximum atomic E-state index is 10.5. The Morgan fingerprint density at radius 2 is 1.03 bits per heavy atom. The Hall–Kier alpha value is -0.640. The van der Waals surface area contributed by atoms with Gasteiger partial charge in [-0.2, -0.15) is 0 Å². The van der Waals surface area contributed by atoms with Crippen LogP contribution in [0.5, 0.6) is 0 Å². The first kappa shape index (κ1) is 27.9. The molecule has 11 N–H and O–H groups in total. The van der Waals surface area contributed by atoms with Gasteiger partial charge in [0.05, 0.1) is 19.8 Å². The Balaban J connectivity index is 1.63. The number of hydrogen-bond acceptors (Lipinski definition) is 16. The van der Waals surface area contributed by atoms with Crippen molar-refractivity contribution < 1.29 is 79.9 Å². The topological polar surface area (TPSA) is 269 Å². The van der Waals surface area contributed by atoms with Gasteiger partial charge in [-0.15, -0.1) is 0 Å². The van der Waals surface area contributed by atoms with Crippen LogP contribution in [-0.2, 0) is 23.7 Å². The minimum atomic E-state index is -1.82. The van der Waals surface area contributed by atoms with E-state index in [1.165, 1.54) is 0 Å². The van der Waals surface area contributed by atoms with E-state index in [4.69, 9.17) is 23.7 Å². The molecule has 3 rings (SSSR count). The Bertz CT molecular complexity index is 637. The average molecular weight is 504 g/mol. The summed E-state index contributed by atoms with van der Waals surface area (Å²) >= 11 is 0. The summed E-state index contributed by atoms with van der Waals surface area (Å²) in [7, 11) is 0. The van der Waals surface area contributed by atoms with E-state index < -0.39 is 112 Å². The van der Waals surface area contributed by atoms with Crippen LogP contribution in [0.25, 0.3) is 0 Å². The summed E-state index contributed by atoms with van der Waals surface area (Å²) in [6.07, 6.45) is -24.7. The Kier molecular flexibility index (Phi) is 9.54. The van der Waals surface area contributed by atoms with Gasteiger partial charge >= 0.3 is 0 Å². The molecule has 34 heavy (non-hydrogen) atoms. The molecule has 0 aromatic heterocycles. The lowest BCUT2D eigenvalue weighted by Crippen LogP contribution is -2.65. The van der Waals surface area contributed by atoms with Gasteiger partial charge in [-0.3, -0.25) is 0 Å². The monoisotopic (exact) mass is 504 g/mol. The van der Waals surface area contributed by atoms with Crippen molar-refractivity contribution >= 4 is 0 Å². The molecule has 3 saturated heterocycles. The SMILES string of the molecule is OC[C@H]1O[C@@H](O[C@H]2[C@H](O)[C@@H](O)[C@H](OC[C@H]3OC(O)[C@H](O)[C@@H](O)[C@@H]3O)O[C@@H]2CO)[C@H](O)[C@@H](O)[C@H]1O. The van der Waals surface area contributed by atoms with E-state index >= 15 is 0 Å². The minimum Gasteiger partial charge on any atom is -0.394 e. The van der Waals surface area contributed by atoms with E-state index in [0.29, 0.717) is 0 Å². The van der Waals surface area contributed by atoms with Gasteiger partial charge < -0.3 is 79.9 Å². The van der Waals surface area contributed by atoms with Gasteiger partial charge in [-0.05, 0) is 0 Å². The smallest absolute Gasteiger partial charge is 0.187 e. The second kappa shape index (κ2) is 11.6. The molecule has 0 bridgehead atoms. The molecule has 3 aliphatic heterocycles. The third-order valence-electron chi connectivity index (χ3n) is 6.07.